The van der Waals surface area contributed by atoms with Crippen LogP contribution >= 0.6 is 11.8 Å². The zero-order valence-electron chi connectivity index (χ0n) is 19.6. The third kappa shape index (κ3) is 5.58. The van der Waals surface area contributed by atoms with Gasteiger partial charge in [0.2, 0.25) is 0 Å². The molecule has 0 aliphatic carbocycles. The van der Waals surface area contributed by atoms with Crippen molar-refractivity contribution in [3.05, 3.63) is 111 Å². The molecule has 9 heteroatoms. The second kappa shape index (κ2) is 10.5. The molecule has 8 nitrogen and oxygen atoms in total. The molecule has 0 saturated heterocycles. The monoisotopic (exact) mass is 487 g/mol. The van der Waals surface area contributed by atoms with Gasteiger partial charge in [0.1, 0.15) is 0 Å². The van der Waals surface area contributed by atoms with Gasteiger partial charge in [-0.3, -0.25) is 19.5 Å². The molecule has 0 radical (unpaired) electrons. The van der Waals surface area contributed by atoms with Crippen molar-refractivity contribution >= 4 is 23.4 Å². The topological polar surface area (TPSA) is 103 Å². The number of aryl methyl sites for hydroxylation is 2. The van der Waals surface area contributed by atoms with E-state index in [0.717, 1.165) is 11.1 Å². The third-order valence-electron chi connectivity index (χ3n) is 5.55. The van der Waals surface area contributed by atoms with Gasteiger partial charge in [0.25, 0.3) is 11.6 Å². The SMILES string of the molecule is Cc1cccc(CSc2nnc(C(C)NC(=O)c3ccccc3C)n2-c2ccc([N+](=O)[O-])cc2)c1. The smallest absolute Gasteiger partial charge is 0.269 e. The van der Waals surface area contributed by atoms with E-state index in [4.69, 9.17) is 0 Å². The fraction of sp³-hybridized carbons (Fsp3) is 0.192. The summed E-state index contributed by atoms with van der Waals surface area (Å²) in [4.78, 5) is 23.6. The molecule has 0 spiro atoms. The Balaban J connectivity index is 1.66. The predicted molar refractivity (Wildman–Crippen MR) is 136 cm³/mol. The number of rotatable bonds is 8. The van der Waals surface area contributed by atoms with Gasteiger partial charge < -0.3 is 5.32 Å². The third-order valence-corrected chi connectivity index (χ3v) is 6.55. The number of carbonyl (C=O) groups excluding carboxylic acids is 1. The van der Waals surface area contributed by atoms with Crippen LogP contribution in [-0.2, 0) is 5.75 Å². The maximum atomic E-state index is 12.9. The lowest BCUT2D eigenvalue weighted by Crippen LogP contribution is -2.29. The summed E-state index contributed by atoms with van der Waals surface area (Å²) in [5.41, 5.74) is 4.47. The van der Waals surface area contributed by atoms with Crippen LogP contribution in [0.15, 0.2) is 78.0 Å². The molecule has 0 aliphatic heterocycles. The summed E-state index contributed by atoms with van der Waals surface area (Å²) < 4.78 is 1.84. The molecule has 1 aromatic heterocycles. The highest BCUT2D eigenvalue weighted by molar-refractivity contribution is 7.98. The van der Waals surface area contributed by atoms with Crippen LogP contribution in [0.1, 0.15) is 45.8 Å². The van der Waals surface area contributed by atoms with Gasteiger partial charge >= 0.3 is 0 Å². The molecule has 1 atom stereocenters. The summed E-state index contributed by atoms with van der Waals surface area (Å²) in [7, 11) is 0. The highest BCUT2D eigenvalue weighted by atomic mass is 32.2. The van der Waals surface area contributed by atoms with E-state index in [1.807, 2.05) is 55.7 Å². The zero-order chi connectivity index (χ0) is 24.9. The van der Waals surface area contributed by atoms with Crippen LogP contribution in [0.2, 0.25) is 0 Å². The number of benzene rings is 3. The summed E-state index contributed by atoms with van der Waals surface area (Å²) >= 11 is 1.51. The normalized spacial score (nSPS) is 11.7. The van der Waals surface area contributed by atoms with Crippen LogP contribution in [0.25, 0.3) is 5.69 Å². The maximum Gasteiger partial charge on any atom is 0.269 e. The Labute approximate surface area is 207 Å². The van der Waals surface area contributed by atoms with Gasteiger partial charge in [-0.05, 0) is 50.1 Å². The molecule has 0 aliphatic rings. The number of nitro benzene ring substituents is 1. The molecule has 1 N–H and O–H groups in total. The van der Waals surface area contributed by atoms with E-state index in [0.29, 0.717) is 28.0 Å². The lowest BCUT2D eigenvalue weighted by Gasteiger charge is -2.17. The molecule has 4 rings (SSSR count). The van der Waals surface area contributed by atoms with E-state index in [-0.39, 0.29) is 11.6 Å². The van der Waals surface area contributed by atoms with E-state index in [1.54, 1.807) is 18.2 Å². The summed E-state index contributed by atoms with van der Waals surface area (Å²) in [6.45, 7) is 5.78. The number of hydrogen-bond donors (Lipinski definition) is 1. The molecule has 3 aromatic carbocycles. The molecule has 0 saturated carbocycles. The Kier molecular flexibility index (Phi) is 7.26. The minimum atomic E-state index is -0.460. The molecular weight excluding hydrogens is 462 g/mol. The van der Waals surface area contributed by atoms with Gasteiger partial charge in [-0.1, -0.05) is 59.8 Å². The van der Waals surface area contributed by atoms with Crippen LogP contribution in [-0.4, -0.2) is 25.6 Å². The lowest BCUT2D eigenvalue weighted by molar-refractivity contribution is -0.384. The number of thioether (sulfide) groups is 1. The minimum absolute atomic E-state index is 0.00163. The Morgan fingerprint density at radius 1 is 1.06 bits per heavy atom. The quantitative estimate of drug-likeness (QED) is 0.198. The number of carbonyl (C=O) groups is 1. The number of nitro groups is 1. The van der Waals surface area contributed by atoms with Gasteiger partial charge in [-0.2, -0.15) is 0 Å². The van der Waals surface area contributed by atoms with Crippen LogP contribution < -0.4 is 5.32 Å². The van der Waals surface area contributed by atoms with Gasteiger partial charge in [0, 0.05) is 29.1 Å². The molecular formula is C26H25N5O3S. The fourth-order valence-electron chi connectivity index (χ4n) is 3.74. The number of nitrogens with zero attached hydrogens (tertiary/aromatic N) is 4. The number of nitrogens with one attached hydrogen (secondary N) is 1. The van der Waals surface area contributed by atoms with Crippen molar-refractivity contribution in [2.45, 2.75) is 37.7 Å². The number of hydrogen-bond acceptors (Lipinski definition) is 6. The van der Waals surface area contributed by atoms with Crippen molar-refractivity contribution in [1.29, 1.82) is 0 Å². The summed E-state index contributed by atoms with van der Waals surface area (Å²) in [6, 6.07) is 21.4. The molecule has 1 heterocycles. The van der Waals surface area contributed by atoms with E-state index >= 15 is 0 Å². The first kappa shape index (κ1) is 24.2. The van der Waals surface area contributed by atoms with Gasteiger partial charge in [0.15, 0.2) is 11.0 Å². The fourth-order valence-corrected chi connectivity index (χ4v) is 4.64. The highest BCUT2D eigenvalue weighted by Crippen LogP contribution is 2.29. The Bertz CT molecular complexity index is 1370. The zero-order valence-corrected chi connectivity index (χ0v) is 20.5. The molecule has 35 heavy (non-hydrogen) atoms. The van der Waals surface area contributed by atoms with Crippen molar-refractivity contribution in [2.75, 3.05) is 0 Å². The van der Waals surface area contributed by atoms with Crippen LogP contribution in [0.3, 0.4) is 0 Å². The first-order valence-electron chi connectivity index (χ1n) is 11.1. The molecule has 4 aromatic rings. The Morgan fingerprint density at radius 3 is 2.49 bits per heavy atom. The van der Waals surface area contributed by atoms with Crippen LogP contribution in [0.5, 0.6) is 0 Å². The van der Waals surface area contributed by atoms with Crippen LogP contribution in [0, 0.1) is 24.0 Å². The van der Waals surface area contributed by atoms with E-state index in [9.17, 15) is 14.9 Å². The summed E-state index contributed by atoms with van der Waals surface area (Å²) in [5, 5.41) is 23.6. The Morgan fingerprint density at radius 2 is 1.80 bits per heavy atom. The summed E-state index contributed by atoms with van der Waals surface area (Å²) in [6.07, 6.45) is 0. The lowest BCUT2D eigenvalue weighted by atomic mass is 10.1. The molecule has 0 fully saturated rings. The van der Waals surface area contributed by atoms with Crippen molar-refractivity contribution in [3.63, 3.8) is 0 Å². The van der Waals surface area contributed by atoms with E-state index in [1.165, 1.54) is 29.5 Å². The number of aromatic nitrogens is 3. The van der Waals surface area contributed by atoms with Crippen molar-refractivity contribution in [2.24, 2.45) is 0 Å². The van der Waals surface area contributed by atoms with Gasteiger partial charge in [-0.15, -0.1) is 10.2 Å². The first-order chi connectivity index (χ1) is 16.8. The van der Waals surface area contributed by atoms with Crippen molar-refractivity contribution in [1.82, 2.24) is 20.1 Å². The number of amides is 1. The van der Waals surface area contributed by atoms with E-state index in [2.05, 4.69) is 27.6 Å². The molecule has 1 unspecified atom stereocenters. The van der Waals surface area contributed by atoms with Crippen molar-refractivity contribution in [3.8, 4) is 5.69 Å². The minimum Gasteiger partial charge on any atom is -0.342 e. The second-order valence-corrected chi connectivity index (χ2v) is 9.18. The van der Waals surface area contributed by atoms with Crippen molar-refractivity contribution < 1.29 is 9.72 Å². The first-order valence-corrected chi connectivity index (χ1v) is 12.1. The highest BCUT2D eigenvalue weighted by Gasteiger charge is 2.22. The second-order valence-electron chi connectivity index (χ2n) is 8.24. The largest absolute Gasteiger partial charge is 0.342 e. The predicted octanol–water partition coefficient (Wildman–Crippen LogP) is 5.58. The summed E-state index contributed by atoms with van der Waals surface area (Å²) in [5.74, 6) is 1.01. The van der Waals surface area contributed by atoms with Gasteiger partial charge in [0.05, 0.1) is 11.0 Å². The van der Waals surface area contributed by atoms with Crippen LogP contribution in [0.4, 0.5) is 5.69 Å². The van der Waals surface area contributed by atoms with E-state index < -0.39 is 11.0 Å². The molecule has 0 bridgehead atoms. The average molecular weight is 488 g/mol. The molecule has 1 amide bonds. The number of non-ortho nitro benzene ring substituents is 1. The molecule has 178 valence electrons. The standard InChI is InChI=1S/C26H25N5O3S/c1-17-7-6-9-20(15-17)16-35-26-29-28-24(30(26)21-11-13-22(14-12-21)31(33)34)19(3)27-25(32)23-10-5-4-8-18(23)2/h4-15,19H,16H2,1-3H3,(H,27,32). The van der Waals surface area contributed by atoms with Gasteiger partial charge in [-0.25, -0.2) is 0 Å². The maximum absolute atomic E-state index is 12.9. The average Bonchev–Trinajstić information content (AvgIpc) is 3.27. The Hall–Kier alpha value is -3.98.